The van der Waals surface area contributed by atoms with Crippen molar-refractivity contribution in [2.45, 2.75) is 17.8 Å². The molecule has 3 aromatic rings. The highest BCUT2D eigenvalue weighted by atomic mass is 35.5. The molecule has 0 aliphatic carbocycles. The Balaban J connectivity index is 1.76. The lowest BCUT2D eigenvalue weighted by Gasteiger charge is -2.05. The molecule has 0 saturated heterocycles. The fraction of sp³-hybridized carbons (Fsp3) is 0.118. The molecule has 0 spiro atoms. The molecule has 4 nitrogen and oxygen atoms in total. The van der Waals surface area contributed by atoms with Gasteiger partial charge in [-0.1, -0.05) is 71.4 Å². The molecule has 0 bridgehead atoms. The number of thioether (sulfide) groups is 1. The van der Waals surface area contributed by atoms with Crippen LogP contribution in [-0.4, -0.2) is 21.1 Å². The Morgan fingerprint density at radius 1 is 1.12 bits per heavy atom. The molecule has 0 radical (unpaired) electrons. The van der Waals surface area contributed by atoms with E-state index in [1.54, 1.807) is 17.0 Å². The largest absolute Gasteiger partial charge is 0.212 e. The minimum Gasteiger partial charge on any atom is -0.192 e. The summed E-state index contributed by atoms with van der Waals surface area (Å²) in [6, 6.07) is 15.4. The molecule has 24 heavy (non-hydrogen) atoms. The van der Waals surface area contributed by atoms with E-state index in [0.717, 1.165) is 17.0 Å². The molecule has 0 aliphatic rings. The Kier molecular flexibility index (Phi) is 5.56. The Morgan fingerprint density at radius 2 is 1.92 bits per heavy atom. The predicted molar refractivity (Wildman–Crippen MR) is 100 cm³/mol. The molecule has 0 N–H and O–H groups in total. The molecule has 0 aliphatic heterocycles. The fourth-order valence-electron chi connectivity index (χ4n) is 2.01. The summed E-state index contributed by atoms with van der Waals surface area (Å²) in [6.07, 6.45) is 1.79. The molecule has 2 aromatic carbocycles. The molecular formula is C17H14Cl2N4S. The summed E-state index contributed by atoms with van der Waals surface area (Å²) < 4.78 is 1.72. The second kappa shape index (κ2) is 7.83. The highest BCUT2D eigenvalue weighted by Crippen LogP contribution is 2.28. The Bertz CT molecular complexity index is 862. The number of rotatable bonds is 5. The summed E-state index contributed by atoms with van der Waals surface area (Å²) in [4.78, 5) is 0. The van der Waals surface area contributed by atoms with Crippen LogP contribution < -0.4 is 0 Å². The van der Waals surface area contributed by atoms with Gasteiger partial charge in [-0.25, -0.2) is 0 Å². The quantitative estimate of drug-likeness (QED) is 0.461. The average molecular weight is 377 g/mol. The monoisotopic (exact) mass is 376 g/mol. The lowest BCUT2D eigenvalue weighted by Crippen LogP contribution is -1.96. The van der Waals surface area contributed by atoms with Crippen LogP contribution in [0.5, 0.6) is 0 Å². The molecule has 0 fully saturated rings. The first kappa shape index (κ1) is 17.0. The van der Waals surface area contributed by atoms with E-state index in [1.165, 1.54) is 11.8 Å². The van der Waals surface area contributed by atoms with E-state index in [0.29, 0.717) is 21.0 Å². The maximum absolute atomic E-state index is 6.21. The van der Waals surface area contributed by atoms with Crippen LogP contribution in [0.2, 0.25) is 10.0 Å². The van der Waals surface area contributed by atoms with Gasteiger partial charge in [-0.2, -0.15) is 9.78 Å². The van der Waals surface area contributed by atoms with Crippen molar-refractivity contribution in [1.82, 2.24) is 14.9 Å². The van der Waals surface area contributed by atoms with Gasteiger partial charge < -0.3 is 0 Å². The third-order valence-corrected chi connectivity index (χ3v) is 4.82. The molecule has 3 rings (SSSR count). The van der Waals surface area contributed by atoms with E-state index in [4.69, 9.17) is 23.2 Å². The maximum Gasteiger partial charge on any atom is 0.212 e. The second-order valence-corrected chi connectivity index (χ2v) is 6.81. The standard InChI is InChI=1S/C17H14Cl2N4S/c1-12-21-22-17(23(12)20-10-13-5-3-2-4-6-13)24-11-14-7-8-15(18)9-16(14)19/h2-10H,11H2,1H3/b20-10-. The number of aromatic nitrogens is 3. The van der Waals surface area contributed by atoms with Gasteiger partial charge >= 0.3 is 0 Å². The zero-order chi connectivity index (χ0) is 16.9. The highest BCUT2D eigenvalue weighted by Gasteiger charge is 2.10. The first-order chi connectivity index (χ1) is 11.6. The SMILES string of the molecule is Cc1nnc(SCc2ccc(Cl)cc2Cl)n1/N=C\c1ccccc1. The van der Waals surface area contributed by atoms with Crippen LogP contribution in [0.4, 0.5) is 0 Å². The van der Waals surface area contributed by atoms with Crippen LogP contribution in [0.3, 0.4) is 0 Å². The molecule has 1 aromatic heterocycles. The predicted octanol–water partition coefficient (Wildman–Crippen LogP) is 5.07. The van der Waals surface area contributed by atoms with Gasteiger partial charge in [0.05, 0.1) is 6.21 Å². The molecular weight excluding hydrogens is 363 g/mol. The van der Waals surface area contributed by atoms with E-state index in [-0.39, 0.29) is 0 Å². The summed E-state index contributed by atoms with van der Waals surface area (Å²) in [5, 5.41) is 14.7. The van der Waals surface area contributed by atoms with Crippen LogP contribution >= 0.6 is 35.0 Å². The van der Waals surface area contributed by atoms with Gasteiger partial charge in [0, 0.05) is 15.8 Å². The van der Waals surface area contributed by atoms with Crippen LogP contribution in [-0.2, 0) is 5.75 Å². The Labute approximate surface area is 154 Å². The van der Waals surface area contributed by atoms with Gasteiger partial charge in [0.25, 0.3) is 0 Å². The number of halogens is 2. The fourth-order valence-corrected chi connectivity index (χ4v) is 3.50. The summed E-state index contributed by atoms with van der Waals surface area (Å²) in [5.41, 5.74) is 2.01. The van der Waals surface area contributed by atoms with Crippen LogP contribution in [0.25, 0.3) is 0 Å². The molecule has 0 unspecified atom stereocenters. The van der Waals surface area contributed by atoms with Crippen LogP contribution in [0, 0.1) is 6.92 Å². The van der Waals surface area contributed by atoms with Crippen LogP contribution in [0.1, 0.15) is 17.0 Å². The van der Waals surface area contributed by atoms with Crippen molar-refractivity contribution < 1.29 is 0 Å². The molecule has 0 saturated carbocycles. The normalized spacial score (nSPS) is 11.3. The number of hydrogen-bond acceptors (Lipinski definition) is 4. The first-order valence-corrected chi connectivity index (χ1v) is 8.96. The minimum absolute atomic E-state index is 0.625. The third kappa shape index (κ3) is 4.17. The highest BCUT2D eigenvalue weighted by molar-refractivity contribution is 7.98. The zero-order valence-corrected chi connectivity index (χ0v) is 15.2. The van der Waals surface area contributed by atoms with Crippen molar-refractivity contribution in [3.8, 4) is 0 Å². The van der Waals surface area contributed by atoms with Gasteiger partial charge in [0.1, 0.15) is 0 Å². The van der Waals surface area contributed by atoms with Gasteiger partial charge in [-0.05, 0) is 30.2 Å². The average Bonchev–Trinajstić information content (AvgIpc) is 2.93. The first-order valence-electron chi connectivity index (χ1n) is 7.21. The minimum atomic E-state index is 0.625. The Morgan fingerprint density at radius 3 is 2.67 bits per heavy atom. The second-order valence-electron chi connectivity index (χ2n) is 5.02. The van der Waals surface area contributed by atoms with E-state index < -0.39 is 0 Å². The molecule has 1 heterocycles. The molecule has 7 heteroatoms. The summed E-state index contributed by atoms with van der Waals surface area (Å²) in [7, 11) is 0. The molecule has 0 atom stereocenters. The lowest BCUT2D eigenvalue weighted by molar-refractivity contribution is 0.744. The van der Waals surface area contributed by atoms with E-state index in [2.05, 4.69) is 15.3 Å². The summed E-state index contributed by atoms with van der Waals surface area (Å²) >= 11 is 13.7. The zero-order valence-electron chi connectivity index (χ0n) is 12.9. The molecule has 122 valence electrons. The maximum atomic E-state index is 6.21. The number of hydrogen-bond donors (Lipinski definition) is 0. The van der Waals surface area contributed by atoms with Crippen molar-refractivity contribution in [1.29, 1.82) is 0 Å². The number of nitrogens with zero attached hydrogens (tertiary/aromatic N) is 4. The topological polar surface area (TPSA) is 43.1 Å². The summed E-state index contributed by atoms with van der Waals surface area (Å²) in [5.74, 6) is 1.39. The summed E-state index contributed by atoms with van der Waals surface area (Å²) in [6.45, 7) is 1.87. The van der Waals surface area contributed by atoms with Gasteiger partial charge in [-0.3, -0.25) is 0 Å². The Hall–Kier alpha value is -1.82. The van der Waals surface area contributed by atoms with Gasteiger partial charge in [0.2, 0.25) is 5.16 Å². The smallest absolute Gasteiger partial charge is 0.192 e. The van der Waals surface area contributed by atoms with E-state index >= 15 is 0 Å². The van der Waals surface area contributed by atoms with Crippen molar-refractivity contribution in [3.05, 3.63) is 75.5 Å². The van der Waals surface area contributed by atoms with E-state index in [1.807, 2.05) is 49.4 Å². The van der Waals surface area contributed by atoms with Crippen LogP contribution in [0.15, 0.2) is 58.8 Å². The molecule has 0 amide bonds. The van der Waals surface area contributed by atoms with Crippen molar-refractivity contribution in [2.24, 2.45) is 5.10 Å². The van der Waals surface area contributed by atoms with Gasteiger partial charge in [0.15, 0.2) is 5.82 Å². The number of aryl methyl sites for hydroxylation is 1. The lowest BCUT2D eigenvalue weighted by atomic mass is 10.2. The van der Waals surface area contributed by atoms with E-state index in [9.17, 15) is 0 Å². The van der Waals surface area contributed by atoms with Crippen molar-refractivity contribution >= 4 is 41.2 Å². The van der Waals surface area contributed by atoms with Crippen molar-refractivity contribution in [3.63, 3.8) is 0 Å². The number of benzene rings is 2. The van der Waals surface area contributed by atoms with Gasteiger partial charge in [-0.15, -0.1) is 10.2 Å². The van der Waals surface area contributed by atoms with Crippen molar-refractivity contribution in [2.75, 3.05) is 0 Å². The third-order valence-electron chi connectivity index (χ3n) is 3.26.